The van der Waals surface area contributed by atoms with Gasteiger partial charge in [0.15, 0.2) is 0 Å². The molecule has 1 saturated carbocycles. The van der Waals surface area contributed by atoms with Crippen LogP contribution in [0.2, 0.25) is 0 Å². The molecule has 24 heavy (non-hydrogen) atoms. The lowest BCUT2D eigenvalue weighted by Gasteiger charge is -2.63. The number of methoxy groups -OCH3 is 1. The molecule has 2 saturated heterocycles. The van der Waals surface area contributed by atoms with Gasteiger partial charge in [-0.15, -0.1) is 0 Å². The fourth-order valence-electron chi connectivity index (χ4n) is 5.82. The minimum atomic E-state index is -0.0133. The number of ether oxygens (including phenoxy) is 2. The minimum Gasteiger partial charge on any atom is -0.496 e. The normalized spacial score (nSPS) is 37.0. The van der Waals surface area contributed by atoms with E-state index in [4.69, 9.17) is 9.47 Å². The summed E-state index contributed by atoms with van der Waals surface area (Å²) >= 11 is 0. The predicted molar refractivity (Wildman–Crippen MR) is 92.2 cm³/mol. The van der Waals surface area contributed by atoms with E-state index in [-0.39, 0.29) is 23.3 Å². The maximum Gasteiger partial charge on any atom is 0.310 e. The van der Waals surface area contributed by atoms with Crippen molar-refractivity contribution >= 4 is 5.97 Å². The van der Waals surface area contributed by atoms with Gasteiger partial charge in [-0.2, -0.15) is 0 Å². The molecule has 1 aromatic carbocycles. The second-order valence-electron chi connectivity index (χ2n) is 7.82. The van der Waals surface area contributed by atoms with E-state index in [1.165, 1.54) is 11.1 Å². The Morgan fingerprint density at radius 1 is 1.38 bits per heavy atom. The highest BCUT2D eigenvalue weighted by Gasteiger charge is 2.61. The van der Waals surface area contributed by atoms with Gasteiger partial charge in [0.25, 0.3) is 0 Å². The number of hydrogen-bond acceptors (Lipinski definition) is 4. The molecular weight excluding hydrogens is 302 g/mol. The van der Waals surface area contributed by atoms with Crippen LogP contribution in [-0.2, 0) is 21.4 Å². The topological polar surface area (TPSA) is 38.8 Å². The van der Waals surface area contributed by atoms with Crippen molar-refractivity contribution in [1.29, 1.82) is 0 Å². The van der Waals surface area contributed by atoms with Crippen molar-refractivity contribution in [3.63, 3.8) is 0 Å². The molecule has 4 bridgehead atoms. The molecule has 4 nitrogen and oxygen atoms in total. The van der Waals surface area contributed by atoms with Crippen LogP contribution in [0.4, 0.5) is 0 Å². The third-order valence-electron chi connectivity index (χ3n) is 6.86. The van der Waals surface area contributed by atoms with E-state index in [1.807, 2.05) is 6.92 Å². The minimum absolute atomic E-state index is 0.0133. The molecule has 4 unspecified atom stereocenters. The van der Waals surface area contributed by atoms with Crippen molar-refractivity contribution in [2.24, 2.45) is 11.8 Å². The Kier molecular flexibility index (Phi) is 3.64. The molecule has 2 heterocycles. The molecule has 3 fully saturated rings. The monoisotopic (exact) mass is 329 g/mol. The van der Waals surface area contributed by atoms with Gasteiger partial charge in [0.05, 0.1) is 19.6 Å². The number of carbonyl (C=O) groups is 1. The molecule has 1 aromatic rings. The highest BCUT2D eigenvalue weighted by atomic mass is 16.5. The third-order valence-corrected chi connectivity index (χ3v) is 6.86. The van der Waals surface area contributed by atoms with Crippen LogP contribution < -0.4 is 4.74 Å². The van der Waals surface area contributed by atoms with Gasteiger partial charge in [-0.25, -0.2) is 0 Å². The van der Waals surface area contributed by atoms with E-state index < -0.39 is 0 Å². The molecule has 5 atom stereocenters. The maximum atomic E-state index is 12.5. The van der Waals surface area contributed by atoms with Gasteiger partial charge in [0.1, 0.15) is 5.75 Å². The first-order valence-electron chi connectivity index (χ1n) is 9.06. The number of hydrogen-bond donors (Lipinski definition) is 0. The summed E-state index contributed by atoms with van der Waals surface area (Å²) < 4.78 is 11.1. The van der Waals surface area contributed by atoms with Crippen LogP contribution >= 0.6 is 0 Å². The first-order chi connectivity index (χ1) is 11.5. The number of rotatable bonds is 3. The van der Waals surface area contributed by atoms with Crippen molar-refractivity contribution in [2.45, 2.75) is 50.6 Å². The summed E-state index contributed by atoms with van der Waals surface area (Å²) in [4.78, 5) is 14.9. The summed E-state index contributed by atoms with van der Waals surface area (Å²) in [5.74, 6) is 1.49. The Morgan fingerprint density at radius 3 is 2.88 bits per heavy atom. The Labute approximate surface area is 144 Å². The van der Waals surface area contributed by atoms with Crippen molar-refractivity contribution < 1.29 is 14.3 Å². The van der Waals surface area contributed by atoms with Crippen molar-refractivity contribution in [3.8, 4) is 5.75 Å². The molecule has 2 aliphatic carbocycles. The standard InChI is InChI=1S/C20H27NO3/c1-5-24-19(22)13-10-14-15-9-12-7-6-8-17(23-4)18(12)20(14,2)11-16(13)21(15)3/h6-8,13-16H,5,9-11H2,1-4H3/t13?,14?,15?,16?,20-/m1/s1. The smallest absolute Gasteiger partial charge is 0.310 e. The average Bonchev–Trinajstić information content (AvgIpc) is 2.57. The van der Waals surface area contributed by atoms with Gasteiger partial charge >= 0.3 is 5.97 Å². The zero-order chi connectivity index (χ0) is 17.1. The van der Waals surface area contributed by atoms with Crippen molar-refractivity contribution in [2.75, 3.05) is 20.8 Å². The highest BCUT2D eigenvalue weighted by Crippen LogP contribution is 2.59. The van der Waals surface area contributed by atoms with E-state index in [1.54, 1.807) is 7.11 Å². The van der Waals surface area contributed by atoms with Crippen LogP contribution in [0, 0.1) is 11.8 Å². The summed E-state index contributed by atoms with van der Waals surface area (Å²) in [6.45, 7) is 4.74. The van der Waals surface area contributed by atoms with Crippen LogP contribution in [-0.4, -0.2) is 43.7 Å². The summed E-state index contributed by atoms with van der Waals surface area (Å²) in [5.41, 5.74) is 2.89. The van der Waals surface area contributed by atoms with E-state index >= 15 is 0 Å². The lowest BCUT2D eigenvalue weighted by molar-refractivity contribution is -0.164. The number of carbonyl (C=O) groups excluding carboxylic acids is 1. The van der Waals surface area contributed by atoms with Crippen LogP contribution in [0.3, 0.4) is 0 Å². The highest BCUT2D eigenvalue weighted by molar-refractivity contribution is 5.74. The van der Waals surface area contributed by atoms with E-state index in [0.717, 1.165) is 25.0 Å². The van der Waals surface area contributed by atoms with Crippen LogP contribution in [0.1, 0.15) is 37.8 Å². The molecule has 130 valence electrons. The van der Waals surface area contributed by atoms with E-state index in [2.05, 4.69) is 37.1 Å². The predicted octanol–water partition coefficient (Wildman–Crippen LogP) is 2.78. The molecule has 0 amide bonds. The second kappa shape index (κ2) is 5.48. The largest absolute Gasteiger partial charge is 0.496 e. The molecule has 0 spiro atoms. The second-order valence-corrected chi connectivity index (χ2v) is 7.82. The fourth-order valence-corrected chi connectivity index (χ4v) is 5.82. The summed E-state index contributed by atoms with van der Waals surface area (Å²) in [5, 5.41) is 0. The number of piperidine rings is 2. The fraction of sp³-hybridized carbons (Fsp3) is 0.650. The van der Waals surface area contributed by atoms with Crippen molar-refractivity contribution in [3.05, 3.63) is 29.3 Å². The zero-order valence-electron chi connectivity index (χ0n) is 15.0. The van der Waals surface area contributed by atoms with Gasteiger partial charge in [0.2, 0.25) is 0 Å². The first-order valence-corrected chi connectivity index (χ1v) is 9.06. The van der Waals surface area contributed by atoms with Crippen LogP contribution in [0.15, 0.2) is 18.2 Å². The lowest BCUT2D eigenvalue weighted by Crippen LogP contribution is -2.68. The molecule has 2 aliphatic heterocycles. The van der Waals surface area contributed by atoms with Gasteiger partial charge in [-0.1, -0.05) is 19.1 Å². The third kappa shape index (κ3) is 1.98. The molecule has 0 radical (unpaired) electrons. The molecule has 5 rings (SSSR count). The molecule has 4 heteroatoms. The maximum absolute atomic E-state index is 12.5. The van der Waals surface area contributed by atoms with E-state index in [0.29, 0.717) is 18.6 Å². The number of esters is 1. The molecule has 0 aromatic heterocycles. The van der Waals surface area contributed by atoms with Crippen molar-refractivity contribution in [1.82, 2.24) is 4.90 Å². The Balaban J connectivity index is 1.77. The molecule has 4 aliphatic rings. The number of nitrogens with zero attached hydrogens (tertiary/aromatic N) is 1. The van der Waals surface area contributed by atoms with Gasteiger partial charge < -0.3 is 9.47 Å². The van der Waals surface area contributed by atoms with Gasteiger partial charge in [-0.05, 0) is 50.8 Å². The average molecular weight is 329 g/mol. The summed E-state index contributed by atoms with van der Waals surface area (Å²) in [6.07, 6.45) is 2.99. The number of likely N-dealkylation sites (N-methyl/N-ethyl adjacent to an activating group) is 1. The van der Waals surface area contributed by atoms with Gasteiger partial charge in [0, 0.05) is 23.1 Å². The number of benzene rings is 1. The quantitative estimate of drug-likeness (QED) is 0.800. The Morgan fingerprint density at radius 2 is 2.17 bits per heavy atom. The Bertz CT molecular complexity index is 673. The lowest BCUT2D eigenvalue weighted by atomic mass is 9.50. The SMILES string of the molecule is CCOC(=O)C1CC2C3Cc4cccc(OC)c4[C@]2(C)CC1N3C. The number of fused-ring (bicyclic) bond motifs is 2. The first kappa shape index (κ1) is 15.9. The van der Waals surface area contributed by atoms with Gasteiger partial charge in [-0.3, -0.25) is 9.69 Å². The summed E-state index contributed by atoms with van der Waals surface area (Å²) in [7, 11) is 3.96. The molecular formula is C20H27NO3. The molecule has 0 N–H and O–H groups in total. The van der Waals surface area contributed by atoms with E-state index in [9.17, 15) is 4.79 Å². The Hall–Kier alpha value is -1.55. The van der Waals surface area contributed by atoms with Crippen LogP contribution in [0.5, 0.6) is 5.75 Å². The zero-order valence-corrected chi connectivity index (χ0v) is 15.0. The summed E-state index contributed by atoms with van der Waals surface area (Å²) in [6, 6.07) is 7.21. The van der Waals surface area contributed by atoms with Crippen LogP contribution in [0.25, 0.3) is 0 Å².